The fraction of sp³-hybridized carbons (Fsp3) is 0.231. The van der Waals surface area contributed by atoms with Crippen LogP contribution in [0.4, 0.5) is 0 Å². The third-order valence-corrected chi connectivity index (χ3v) is 3.75. The van der Waals surface area contributed by atoms with E-state index >= 15 is 0 Å². The van der Waals surface area contributed by atoms with Crippen LogP contribution in [0.1, 0.15) is 5.56 Å². The minimum atomic E-state index is -0.00657. The molecule has 0 bridgehead atoms. The van der Waals surface area contributed by atoms with Crippen molar-refractivity contribution in [2.24, 2.45) is 4.99 Å². The van der Waals surface area contributed by atoms with Crippen molar-refractivity contribution in [1.29, 1.82) is 0 Å². The Morgan fingerprint density at radius 2 is 2.33 bits per heavy atom. The highest BCUT2D eigenvalue weighted by atomic mass is 32.2. The fourth-order valence-corrected chi connectivity index (χ4v) is 2.77. The molecule has 0 fully saturated rings. The predicted octanol–water partition coefficient (Wildman–Crippen LogP) is 1.93. The number of amidine groups is 1. The van der Waals surface area contributed by atoms with E-state index in [0.717, 1.165) is 33.9 Å². The van der Waals surface area contributed by atoms with Crippen LogP contribution in [-0.2, 0) is 11.2 Å². The van der Waals surface area contributed by atoms with Gasteiger partial charge in [0.2, 0.25) is 5.91 Å². The molecule has 2 aromatic rings. The van der Waals surface area contributed by atoms with Crippen molar-refractivity contribution < 1.29 is 4.79 Å². The first-order valence-electron chi connectivity index (χ1n) is 5.85. The summed E-state index contributed by atoms with van der Waals surface area (Å²) in [6, 6.07) is 7.99. The number of carbonyl (C=O) groups excluding carboxylic acids is 1. The number of nitrogens with one attached hydrogen (secondary N) is 2. The van der Waals surface area contributed by atoms with Crippen LogP contribution < -0.4 is 5.32 Å². The highest BCUT2D eigenvalue weighted by Crippen LogP contribution is 2.18. The lowest BCUT2D eigenvalue weighted by atomic mass is 10.1. The normalized spacial score (nSPS) is 14.8. The number of aromatic nitrogens is 1. The van der Waals surface area contributed by atoms with E-state index in [2.05, 4.69) is 15.3 Å². The van der Waals surface area contributed by atoms with E-state index in [-0.39, 0.29) is 5.91 Å². The number of thioether (sulfide) groups is 1. The molecule has 2 N–H and O–H groups in total. The summed E-state index contributed by atoms with van der Waals surface area (Å²) in [7, 11) is 0. The Balaban J connectivity index is 1.74. The summed E-state index contributed by atoms with van der Waals surface area (Å²) in [4.78, 5) is 19.3. The first-order valence-corrected chi connectivity index (χ1v) is 6.83. The second-order valence-electron chi connectivity index (χ2n) is 4.12. The molecule has 92 valence electrons. The molecular weight excluding hydrogens is 246 g/mol. The number of carbonyl (C=O) groups is 1. The van der Waals surface area contributed by atoms with Gasteiger partial charge < -0.3 is 10.3 Å². The standard InChI is InChI=1S/C13H13N3OS/c17-12(16-13-14-5-6-18-13)7-9-8-15-11-4-2-1-3-10(9)11/h1-4,8,15H,5-7H2,(H,14,16,17). The van der Waals surface area contributed by atoms with Crippen LogP contribution in [0.15, 0.2) is 35.5 Å². The highest BCUT2D eigenvalue weighted by Gasteiger charge is 2.13. The van der Waals surface area contributed by atoms with E-state index < -0.39 is 0 Å². The Bertz CT molecular complexity index is 617. The third-order valence-electron chi connectivity index (χ3n) is 2.86. The second kappa shape index (κ2) is 4.86. The number of hydrogen-bond donors (Lipinski definition) is 2. The summed E-state index contributed by atoms with van der Waals surface area (Å²) in [5.74, 6) is 0.954. The average Bonchev–Trinajstić information content (AvgIpc) is 3.00. The van der Waals surface area contributed by atoms with Crippen molar-refractivity contribution >= 4 is 33.7 Å². The lowest BCUT2D eigenvalue weighted by Crippen LogP contribution is -2.28. The Kier molecular flexibility index (Phi) is 3.06. The van der Waals surface area contributed by atoms with Gasteiger partial charge >= 0.3 is 0 Å². The molecular formula is C13H13N3OS. The molecule has 0 saturated heterocycles. The Hall–Kier alpha value is -1.75. The van der Waals surface area contributed by atoms with Gasteiger partial charge in [-0.1, -0.05) is 30.0 Å². The fourth-order valence-electron chi connectivity index (χ4n) is 2.03. The van der Waals surface area contributed by atoms with E-state index in [0.29, 0.717) is 6.42 Å². The number of fused-ring (bicyclic) bond motifs is 1. The van der Waals surface area contributed by atoms with Crippen LogP contribution >= 0.6 is 11.8 Å². The highest BCUT2D eigenvalue weighted by molar-refractivity contribution is 8.14. The molecule has 18 heavy (non-hydrogen) atoms. The van der Waals surface area contributed by atoms with Crippen LogP contribution in [-0.4, -0.2) is 28.4 Å². The number of amides is 1. The van der Waals surface area contributed by atoms with Crippen molar-refractivity contribution in [3.8, 4) is 0 Å². The van der Waals surface area contributed by atoms with Crippen LogP contribution in [0.3, 0.4) is 0 Å². The maximum atomic E-state index is 11.9. The summed E-state index contributed by atoms with van der Waals surface area (Å²) >= 11 is 1.60. The largest absolute Gasteiger partial charge is 0.361 e. The van der Waals surface area contributed by atoms with Crippen LogP contribution in [0.2, 0.25) is 0 Å². The van der Waals surface area contributed by atoms with Crippen LogP contribution in [0.25, 0.3) is 10.9 Å². The van der Waals surface area contributed by atoms with Crippen molar-refractivity contribution in [2.75, 3.05) is 12.3 Å². The molecule has 1 aliphatic heterocycles. The molecule has 3 rings (SSSR count). The van der Waals surface area contributed by atoms with E-state index in [1.807, 2.05) is 30.5 Å². The molecule has 0 saturated carbocycles. The maximum Gasteiger partial charge on any atom is 0.230 e. The molecule has 0 spiro atoms. The van der Waals surface area contributed by atoms with Gasteiger partial charge in [-0.2, -0.15) is 0 Å². The Morgan fingerprint density at radius 3 is 3.17 bits per heavy atom. The number of aromatic amines is 1. The summed E-state index contributed by atoms with van der Waals surface area (Å²) in [5, 5.41) is 4.70. The number of para-hydroxylation sites is 1. The molecule has 1 aromatic heterocycles. The minimum absolute atomic E-state index is 0.00657. The Morgan fingerprint density at radius 1 is 1.44 bits per heavy atom. The lowest BCUT2D eigenvalue weighted by molar-refractivity contribution is -0.118. The van der Waals surface area contributed by atoms with Gasteiger partial charge in [0.05, 0.1) is 13.0 Å². The molecule has 1 aromatic carbocycles. The van der Waals surface area contributed by atoms with Crippen molar-refractivity contribution in [1.82, 2.24) is 10.3 Å². The Labute approximate surface area is 109 Å². The molecule has 4 nitrogen and oxygen atoms in total. The molecule has 0 atom stereocenters. The van der Waals surface area contributed by atoms with Crippen molar-refractivity contribution in [3.05, 3.63) is 36.0 Å². The molecule has 5 heteroatoms. The van der Waals surface area contributed by atoms with Crippen molar-refractivity contribution in [2.45, 2.75) is 6.42 Å². The van der Waals surface area contributed by atoms with Gasteiger partial charge in [-0.3, -0.25) is 9.79 Å². The van der Waals surface area contributed by atoms with E-state index in [4.69, 9.17) is 0 Å². The number of H-pyrrole nitrogens is 1. The summed E-state index contributed by atoms with van der Waals surface area (Å²) in [5.41, 5.74) is 2.08. The SMILES string of the molecule is O=C(Cc1c[nH]c2ccccc12)NC1=NCCS1. The number of benzene rings is 1. The van der Waals surface area contributed by atoms with Gasteiger partial charge in [0.25, 0.3) is 0 Å². The van der Waals surface area contributed by atoms with Gasteiger partial charge in [-0.05, 0) is 11.6 Å². The molecule has 0 radical (unpaired) electrons. The molecule has 0 unspecified atom stereocenters. The number of nitrogens with zero attached hydrogens (tertiary/aromatic N) is 1. The van der Waals surface area contributed by atoms with Crippen LogP contribution in [0, 0.1) is 0 Å². The zero-order chi connectivity index (χ0) is 12.4. The van der Waals surface area contributed by atoms with E-state index in [1.54, 1.807) is 11.8 Å². The quantitative estimate of drug-likeness (QED) is 0.865. The number of hydrogen-bond acceptors (Lipinski definition) is 3. The van der Waals surface area contributed by atoms with Crippen LogP contribution in [0.5, 0.6) is 0 Å². The van der Waals surface area contributed by atoms with Crippen molar-refractivity contribution in [3.63, 3.8) is 0 Å². The maximum absolute atomic E-state index is 11.9. The molecule has 0 aliphatic carbocycles. The van der Waals surface area contributed by atoms with Gasteiger partial charge in [0.15, 0.2) is 5.17 Å². The van der Waals surface area contributed by atoms with E-state index in [1.165, 1.54) is 0 Å². The number of aliphatic imine (C=N–C) groups is 1. The first-order chi connectivity index (χ1) is 8.83. The first kappa shape index (κ1) is 11.3. The van der Waals surface area contributed by atoms with Gasteiger partial charge in [-0.15, -0.1) is 0 Å². The van der Waals surface area contributed by atoms with E-state index in [9.17, 15) is 4.79 Å². The summed E-state index contributed by atoms with van der Waals surface area (Å²) < 4.78 is 0. The number of rotatable bonds is 2. The van der Waals surface area contributed by atoms with Gasteiger partial charge in [0, 0.05) is 22.9 Å². The van der Waals surface area contributed by atoms with Gasteiger partial charge in [0.1, 0.15) is 0 Å². The molecule has 2 heterocycles. The molecule has 1 amide bonds. The zero-order valence-corrected chi connectivity index (χ0v) is 10.6. The summed E-state index contributed by atoms with van der Waals surface area (Å²) in [6.45, 7) is 0.799. The smallest absolute Gasteiger partial charge is 0.230 e. The topological polar surface area (TPSA) is 57.2 Å². The minimum Gasteiger partial charge on any atom is -0.361 e. The molecule has 1 aliphatic rings. The average molecular weight is 259 g/mol. The lowest BCUT2D eigenvalue weighted by Gasteiger charge is -2.02. The van der Waals surface area contributed by atoms with Gasteiger partial charge in [-0.25, -0.2) is 0 Å². The second-order valence-corrected chi connectivity index (χ2v) is 5.20. The monoisotopic (exact) mass is 259 g/mol. The predicted molar refractivity (Wildman–Crippen MR) is 74.9 cm³/mol. The third kappa shape index (κ3) is 2.26. The zero-order valence-electron chi connectivity index (χ0n) is 9.77. The summed E-state index contributed by atoms with van der Waals surface area (Å²) in [6.07, 6.45) is 2.28.